The average Bonchev–Trinajstić information content (AvgIpc) is 3.02. The van der Waals surface area contributed by atoms with E-state index in [0.29, 0.717) is 11.4 Å². The van der Waals surface area contributed by atoms with Crippen LogP contribution in [-0.4, -0.2) is 51.3 Å². The minimum Gasteiger partial charge on any atom is -0.495 e. The Morgan fingerprint density at radius 3 is 2.46 bits per heavy atom. The third-order valence-electron chi connectivity index (χ3n) is 5.06. The van der Waals surface area contributed by atoms with Crippen molar-refractivity contribution in [2.24, 2.45) is 0 Å². The maximum absolute atomic E-state index is 12.9. The van der Waals surface area contributed by atoms with E-state index in [1.807, 2.05) is 24.3 Å². The molecule has 0 unspecified atom stereocenters. The normalized spacial score (nSPS) is 19.8. The first-order valence-electron chi connectivity index (χ1n) is 9.36. The topological polar surface area (TPSA) is 71.1 Å². The fraction of sp³-hybridized carbons (Fsp3) is 0.333. The van der Waals surface area contributed by atoms with Crippen LogP contribution >= 0.6 is 0 Å². The van der Waals surface area contributed by atoms with Crippen LogP contribution in [0.3, 0.4) is 0 Å². The number of imide groups is 1. The highest BCUT2D eigenvalue weighted by atomic mass is 16.5. The molecule has 2 aromatic carbocycles. The maximum atomic E-state index is 12.9. The molecule has 0 bridgehead atoms. The molecule has 2 saturated heterocycles. The van der Waals surface area contributed by atoms with Crippen LogP contribution in [0.5, 0.6) is 5.75 Å². The minimum atomic E-state index is -0.591. The van der Waals surface area contributed by atoms with Gasteiger partial charge in [0.25, 0.3) is 5.91 Å². The minimum absolute atomic E-state index is 0.113. The highest BCUT2D eigenvalue weighted by molar-refractivity contribution is 6.23. The van der Waals surface area contributed by atoms with Gasteiger partial charge in [-0.25, -0.2) is 4.90 Å². The van der Waals surface area contributed by atoms with Crippen molar-refractivity contribution in [3.63, 3.8) is 0 Å². The number of hydrogen-bond acceptors (Lipinski definition) is 6. The number of carbonyl (C=O) groups is 2. The summed E-state index contributed by atoms with van der Waals surface area (Å²) in [4.78, 5) is 28.8. The predicted octanol–water partition coefficient (Wildman–Crippen LogP) is 2.28. The Morgan fingerprint density at radius 2 is 1.75 bits per heavy atom. The van der Waals surface area contributed by atoms with E-state index in [1.165, 1.54) is 12.0 Å². The fourth-order valence-electron chi connectivity index (χ4n) is 3.60. The average molecular weight is 381 g/mol. The molecule has 2 amide bonds. The van der Waals surface area contributed by atoms with Gasteiger partial charge in [-0.2, -0.15) is 0 Å². The van der Waals surface area contributed by atoms with Gasteiger partial charge in [-0.1, -0.05) is 12.1 Å². The molecule has 0 spiro atoms. The molecule has 0 radical (unpaired) electrons. The number of ether oxygens (including phenoxy) is 2. The van der Waals surface area contributed by atoms with Crippen molar-refractivity contribution in [2.75, 3.05) is 48.5 Å². The van der Waals surface area contributed by atoms with Crippen molar-refractivity contribution in [2.45, 2.75) is 12.5 Å². The molecule has 1 N–H and O–H groups in total. The number of hydrogen-bond donors (Lipinski definition) is 1. The lowest BCUT2D eigenvalue weighted by Crippen LogP contribution is -2.36. The monoisotopic (exact) mass is 381 g/mol. The molecule has 7 heteroatoms. The summed E-state index contributed by atoms with van der Waals surface area (Å²) in [7, 11) is 1.52. The Morgan fingerprint density at radius 1 is 1.04 bits per heavy atom. The van der Waals surface area contributed by atoms with Crippen LogP contribution in [0.25, 0.3) is 0 Å². The van der Waals surface area contributed by atoms with Gasteiger partial charge in [-0.05, 0) is 36.4 Å². The van der Waals surface area contributed by atoms with Crippen LogP contribution in [0, 0.1) is 0 Å². The van der Waals surface area contributed by atoms with Gasteiger partial charge in [0.05, 0.1) is 32.4 Å². The van der Waals surface area contributed by atoms with E-state index in [0.717, 1.165) is 37.7 Å². The van der Waals surface area contributed by atoms with E-state index in [1.54, 1.807) is 24.3 Å². The zero-order chi connectivity index (χ0) is 19.5. The summed E-state index contributed by atoms with van der Waals surface area (Å²) in [6.45, 7) is 3.21. The van der Waals surface area contributed by atoms with Crippen molar-refractivity contribution in [1.29, 1.82) is 0 Å². The first-order valence-corrected chi connectivity index (χ1v) is 9.36. The molecule has 2 aliphatic heterocycles. The maximum Gasteiger partial charge on any atom is 0.256 e. The molecule has 28 heavy (non-hydrogen) atoms. The molecule has 4 rings (SSSR count). The van der Waals surface area contributed by atoms with E-state index in [-0.39, 0.29) is 18.2 Å². The standard InChI is InChI=1S/C21H23N3O4/c1-27-19-5-3-2-4-18(19)24-20(25)14-17(21(24)26)22-15-6-8-16(9-7-15)23-10-12-28-13-11-23/h2-9,17,22H,10-14H2,1H3/t17-/m0/s1. The van der Waals surface area contributed by atoms with Gasteiger partial charge in [0.15, 0.2) is 0 Å². The van der Waals surface area contributed by atoms with Crippen molar-refractivity contribution < 1.29 is 19.1 Å². The molecule has 1 atom stereocenters. The highest BCUT2D eigenvalue weighted by Gasteiger charge is 2.40. The highest BCUT2D eigenvalue weighted by Crippen LogP contribution is 2.32. The molecular formula is C21H23N3O4. The van der Waals surface area contributed by atoms with E-state index in [4.69, 9.17) is 9.47 Å². The molecular weight excluding hydrogens is 358 g/mol. The first kappa shape index (κ1) is 18.3. The van der Waals surface area contributed by atoms with Crippen LogP contribution in [-0.2, 0) is 14.3 Å². The summed E-state index contributed by atoms with van der Waals surface area (Å²) in [5.41, 5.74) is 2.41. The fourth-order valence-corrected chi connectivity index (χ4v) is 3.60. The SMILES string of the molecule is COc1ccccc1N1C(=O)C[C@H](Nc2ccc(N3CCOCC3)cc2)C1=O. The lowest BCUT2D eigenvalue weighted by Gasteiger charge is -2.29. The number of amides is 2. The molecule has 0 aliphatic carbocycles. The number of carbonyl (C=O) groups excluding carboxylic acids is 2. The van der Waals surface area contributed by atoms with Gasteiger partial charge < -0.3 is 19.7 Å². The number of morpholine rings is 1. The van der Waals surface area contributed by atoms with Crippen molar-refractivity contribution in [3.05, 3.63) is 48.5 Å². The zero-order valence-electron chi connectivity index (χ0n) is 15.8. The summed E-state index contributed by atoms with van der Waals surface area (Å²) in [5, 5.41) is 3.19. The Bertz CT molecular complexity index is 862. The molecule has 0 saturated carbocycles. The zero-order valence-corrected chi connectivity index (χ0v) is 15.8. The summed E-state index contributed by atoms with van der Waals surface area (Å²) in [5.74, 6) is -0.0107. The number of anilines is 3. The number of methoxy groups -OCH3 is 1. The van der Waals surface area contributed by atoms with Gasteiger partial charge in [0, 0.05) is 24.5 Å². The molecule has 2 aliphatic rings. The molecule has 2 aromatic rings. The van der Waals surface area contributed by atoms with Crippen LogP contribution < -0.4 is 19.9 Å². The van der Waals surface area contributed by atoms with E-state index >= 15 is 0 Å². The van der Waals surface area contributed by atoms with Gasteiger partial charge in [-0.3, -0.25) is 9.59 Å². The lowest BCUT2D eigenvalue weighted by atomic mass is 10.2. The Balaban J connectivity index is 1.47. The quantitative estimate of drug-likeness (QED) is 0.802. The van der Waals surface area contributed by atoms with Gasteiger partial charge in [-0.15, -0.1) is 0 Å². The number of benzene rings is 2. The van der Waals surface area contributed by atoms with Crippen LogP contribution in [0.2, 0.25) is 0 Å². The smallest absolute Gasteiger partial charge is 0.256 e. The number of nitrogens with one attached hydrogen (secondary N) is 1. The number of nitrogens with zero attached hydrogens (tertiary/aromatic N) is 2. The van der Waals surface area contributed by atoms with Crippen molar-refractivity contribution >= 4 is 28.9 Å². The second-order valence-corrected chi connectivity index (χ2v) is 6.79. The van der Waals surface area contributed by atoms with Crippen molar-refractivity contribution in [3.8, 4) is 5.75 Å². The summed E-state index contributed by atoms with van der Waals surface area (Å²) < 4.78 is 10.7. The molecule has 7 nitrogen and oxygen atoms in total. The van der Waals surface area contributed by atoms with E-state index in [9.17, 15) is 9.59 Å². The van der Waals surface area contributed by atoms with Crippen LogP contribution in [0.15, 0.2) is 48.5 Å². The second kappa shape index (κ2) is 7.90. The Kier molecular flexibility index (Phi) is 5.16. The summed E-state index contributed by atoms with van der Waals surface area (Å²) >= 11 is 0. The molecule has 2 fully saturated rings. The summed E-state index contributed by atoms with van der Waals surface area (Å²) in [6.07, 6.45) is 0.113. The van der Waals surface area contributed by atoms with Crippen LogP contribution in [0.4, 0.5) is 17.1 Å². The lowest BCUT2D eigenvalue weighted by molar-refractivity contribution is -0.121. The third kappa shape index (κ3) is 3.53. The third-order valence-corrected chi connectivity index (χ3v) is 5.06. The van der Waals surface area contributed by atoms with Gasteiger partial charge >= 0.3 is 0 Å². The van der Waals surface area contributed by atoms with Gasteiger partial charge in [0.2, 0.25) is 5.91 Å². The largest absolute Gasteiger partial charge is 0.495 e. The molecule has 2 heterocycles. The first-order chi connectivity index (χ1) is 13.7. The Hall–Kier alpha value is -3.06. The van der Waals surface area contributed by atoms with E-state index < -0.39 is 6.04 Å². The van der Waals surface area contributed by atoms with E-state index in [2.05, 4.69) is 10.2 Å². The summed E-state index contributed by atoms with van der Waals surface area (Å²) in [6, 6.07) is 14.4. The van der Waals surface area contributed by atoms with Crippen LogP contribution in [0.1, 0.15) is 6.42 Å². The second-order valence-electron chi connectivity index (χ2n) is 6.79. The number of rotatable bonds is 5. The Labute approximate surface area is 163 Å². The molecule has 146 valence electrons. The van der Waals surface area contributed by atoms with Crippen molar-refractivity contribution in [1.82, 2.24) is 0 Å². The predicted molar refractivity (Wildman–Crippen MR) is 107 cm³/mol. The number of para-hydroxylation sites is 2. The van der Waals surface area contributed by atoms with Gasteiger partial charge in [0.1, 0.15) is 11.8 Å². The molecule has 0 aromatic heterocycles.